The summed E-state index contributed by atoms with van der Waals surface area (Å²) in [7, 11) is -3.95. The van der Waals surface area contributed by atoms with Crippen LogP contribution in [0.2, 0.25) is 0 Å². The molecule has 0 saturated heterocycles. The quantitative estimate of drug-likeness (QED) is 0.497. The van der Waals surface area contributed by atoms with E-state index in [9.17, 15) is 17.6 Å². The predicted molar refractivity (Wildman–Crippen MR) is 122 cm³/mol. The van der Waals surface area contributed by atoms with Gasteiger partial charge in [-0.15, -0.1) is 0 Å². The molecule has 6 nitrogen and oxygen atoms in total. The summed E-state index contributed by atoms with van der Waals surface area (Å²) in [6.07, 6.45) is 0. The second-order valence-electron chi connectivity index (χ2n) is 7.32. The number of halogens is 1. The van der Waals surface area contributed by atoms with Crippen molar-refractivity contribution < 1.29 is 22.3 Å². The zero-order valence-electron chi connectivity index (χ0n) is 17.9. The number of benzene rings is 3. The lowest BCUT2D eigenvalue weighted by Crippen LogP contribution is -2.42. The van der Waals surface area contributed by atoms with E-state index >= 15 is 0 Å². The first-order valence-corrected chi connectivity index (χ1v) is 11.5. The van der Waals surface area contributed by atoms with Gasteiger partial charge in [0.2, 0.25) is 5.91 Å². The SMILES string of the molecule is Cc1cc(C)cc(N(CC(=O)NCCOc2ccc(F)cc2)S(=O)(=O)c2ccccc2)c1. The number of aryl methyl sites for hydroxylation is 2. The Morgan fingerprint density at radius 3 is 2.22 bits per heavy atom. The van der Waals surface area contributed by atoms with Crippen LogP contribution in [0.3, 0.4) is 0 Å². The van der Waals surface area contributed by atoms with Gasteiger partial charge in [-0.3, -0.25) is 9.10 Å². The summed E-state index contributed by atoms with van der Waals surface area (Å²) in [6.45, 7) is 3.69. The molecule has 8 heteroatoms. The van der Waals surface area contributed by atoms with Crippen LogP contribution in [0.4, 0.5) is 10.1 Å². The first kappa shape index (κ1) is 23.3. The number of carbonyl (C=O) groups excluding carboxylic acids is 1. The van der Waals surface area contributed by atoms with Crippen molar-refractivity contribution in [1.82, 2.24) is 5.32 Å². The van der Waals surface area contributed by atoms with Gasteiger partial charge < -0.3 is 10.1 Å². The maximum Gasteiger partial charge on any atom is 0.264 e. The molecule has 0 atom stereocenters. The first-order valence-electron chi connectivity index (χ1n) is 10.1. The zero-order valence-corrected chi connectivity index (χ0v) is 18.7. The van der Waals surface area contributed by atoms with E-state index in [2.05, 4.69) is 5.32 Å². The third kappa shape index (κ3) is 6.07. The minimum atomic E-state index is -3.95. The van der Waals surface area contributed by atoms with Gasteiger partial charge in [-0.25, -0.2) is 12.8 Å². The Kier molecular flexibility index (Phi) is 7.48. The standard InChI is InChI=1S/C24H25FN2O4S/c1-18-14-19(2)16-21(15-18)27(32(29,30)23-6-4-3-5-7-23)17-24(28)26-12-13-31-22-10-8-20(25)9-11-22/h3-11,14-16H,12-13,17H2,1-2H3,(H,26,28). The van der Waals surface area contributed by atoms with E-state index in [-0.39, 0.29) is 30.4 Å². The van der Waals surface area contributed by atoms with Crippen LogP contribution in [0.1, 0.15) is 11.1 Å². The number of carbonyl (C=O) groups is 1. The van der Waals surface area contributed by atoms with E-state index in [0.29, 0.717) is 11.4 Å². The highest BCUT2D eigenvalue weighted by atomic mass is 32.2. The van der Waals surface area contributed by atoms with Crippen LogP contribution in [0.15, 0.2) is 77.7 Å². The molecule has 0 fully saturated rings. The minimum Gasteiger partial charge on any atom is -0.492 e. The third-order valence-corrected chi connectivity index (χ3v) is 6.41. The second-order valence-corrected chi connectivity index (χ2v) is 9.19. The second kappa shape index (κ2) is 10.3. The average Bonchev–Trinajstić information content (AvgIpc) is 2.76. The fourth-order valence-electron chi connectivity index (χ4n) is 3.21. The highest BCUT2D eigenvalue weighted by molar-refractivity contribution is 7.92. The van der Waals surface area contributed by atoms with Gasteiger partial charge >= 0.3 is 0 Å². The number of nitrogens with one attached hydrogen (secondary N) is 1. The molecule has 0 saturated carbocycles. The number of anilines is 1. The molecule has 0 unspecified atom stereocenters. The Morgan fingerprint density at radius 2 is 1.59 bits per heavy atom. The topological polar surface area (TPSA) is 75.7 Å². The molecule has 0 aliphatic heterocycles. The molecule has 3 rings (SSSR count). The van der Waals surface area contributed by atoms with Crippen LogP contribution in [-0.2, 0) is 14.8 Å². The van der Waals surface area contributed by atoms with Gasteiger partial charge in [-0.1, -0.05) is 24.3 Å². The van der Waals surface area contributed by atoms with Gasteiger partial charge in [-0.05, 0) is 73.5 Å². The molecule has 3 aromatic rings. The van der Waals surface area contributed by atoms with Gasteiger partial charge in [0.1, 0.15) is 24.7 Å². The van der Waals surface area contributed by atoms with E-state index in [4.69, 9.17) is 4.74 Å². The summed E-state index contributed by atoms with van der Waals surface area (Å²) in [5, 5.41) is 2.67. The van der Waals surface area contributed by atoms with Crippen molar-refractivity contribution in [3.05, 3.63) is 89.7 Å². The van der Waals surface area contributed by atoms with Crippen molar-refractivity contribution >= 4 is 21.6 Å². The molecule has 3 aromatic carbocycles. The molecule has 0 aliphatic rings. The zero-order chi connectivity index (χ0) is 23.1. The lowest BCUT2D eigenvalue weighted by atomic mass is 10.1. The minimum absolute atomic E-state index is 0.103. The monoisotopic (exact) mass is 456 g/mol. The van der Waals surface area contributed by atoms with E-state index in [1.807, 2.05) is 19.9 Å². The maximum absolute atomic E-state index is 13.3. The molecule has 1 amide bonds. The number of rotatable bonds is 9. The molecule has 0 bridgehead atoms. The highest BCUT2D eigenvalue weighted by Gasteiger charge is 2.27. The summed E-state index contributed by atoms with van der Waals surface area (Å²) < 4.78 is 46.2. The fourth-order valence-corrected chi connectivity index (χ4v) is 4.63. The normalized spacial score (nSPS) is 11.1. The van der Waals surface area contributed by atoms with E-state index in [1.165, 1.54) is 36.4 Å². The van der Waals surface area contributed by atoms with Crippen LogP contribution >= 0.6 is 0 Å². The Hall–Kier alpha value is -3.39. The summed E-state index contributed by atoms with van der Waals surface area (Å²) in [6, 6.07) is 19.0. The van der Waals surface area contributed by atoms with Crippen LogP contribution in [-0.4, -0.2) is 34.0 Å². The van der Waals surface area contributed by atoms with Crippen molar-refractivity contribution in [2.45, 2.75) is 18.7 Å². The lowest BCUT2D eigenvalue weighted by Gasteiger charge is -2.25. The highest BCUT2D eigenvalue weighted by Crippen LogP contribution is 2.25. The lowest BCUT2D eigenvalue weighted by molar-refractivity contribution is -0.119. The van der Waals surface area contributed by atoms with Gasteiger partial charge in [0, 0.05) is 0 Å². The van der Waals surface area contributed by atoms with Gasteiger partial charge in [0.15, 0.2) is 0 Å². The maximum atomic E-state index is 13.3. The number of ether oxygens (including phenoxy) is 1. The molecular weight excluding hydrogens is 431 g/mol. The smallest absolute Gasteiger partial charge is 0.264 e. The number of hydrogen-bond acceptors (Lipinski definition) is 4. The Balaban J connectivity index is 1.72. The summed E-state index contributed by atoms with van der Waals surface area (Å²) in [5.41, 5.74) is 2.20. The van der Waals surface area contributed by atoms with Crippen molar-refractivity contribution in [2.24, 2.45) is 0 Å². The average molecular weight is 457 g/mol. The Morgan fingerprint density at radius 1 is 0.969 bits per heavy atom. The Labute approximate surface area is 187 Å². The molecule has 0 aliphatic carbocycles. The summed E-state index contributed by atoms with van der Waals surface area (Å²) in [4.78, 5) is 12.7. The van der Waals surface area contributed by atoms with Crippen molar-refractivity contribution in [1.29, 1.82) is 0 Å². The number of sulfonamides is 1. The predicted octanol–water partition coefficient (Wildman–Crippen LogP) is 3.83. The van der Waals surface area contributed by atoms with E-state index in [0.717, 1.165) is 15.4 Å². The van der Waals surface area contributed by atoms with Crippen molar-refractivity contribution in [2.75, 3.05) is 24.0 Å². The number of amides is 1. The Bertz CT molecular complexity index is 1150. The fraction of sp³-hybridized carbons (Fsp3) is 0.208. The van der Waals surface area contributed by atoms with E-state index in [1.54, 1.807) is 30.3 Å². The third-order valence-electron chi connectivity index (χ3n) is 4.62. The van der Waals surface area contributed by atoms with Crippen LogP contribution in [0.5, 0.6) is 5.75 Å². The van der Waals surface area contributed by atoms with Crippen LogP contribution in [0.25, 0.3) is 0 Å². The van der Waals surface area contributed by atoms with Crippen LogP contribution < -0.4 is 14.4 Å². The van der Waals surface area contributed by atoms with Gasteiger partial charge in [0.05, 0.1) is 17.1 Å². The van der Waals surface area contributed by atoms with E-state index < -0.39 is 15.9 Å². The number of nitrogens with zero attached hydrogens (tertiary/aromatic N) is 1. The summed E-state index contributed by atoms with van der Waals surface area (Å²) >= 11 is 0. The molecule has 32 heavy (non-hydrogen) atoms. The molecule has 0 radical (unpaired) electrons. The van der Waals surface area contributed by atoms with Crippen LogP contribution in [0, 0.1) is 19.7 Å². The molecule has 0 spiro atoms. The molecule has 1 N–H and O–H groups in total. The van der Waals surface area contributed by atoms with Gasteiger partial charge in [0.25, 0.3) is 10.0 Å². The summed E-state index contributed by atoms with van der Waals surface area (Å²) in [5.74, 6) is -0.354. The molecule has 0 heterocycles. The number of hydrogen-bond donors (Lipinski definition) is 1. The first-order chi connectivity index (χ1) is 15.3. The molecule has 0 aromatic heterocycles. The van der Waals surface area contributed by atoms with Crippen molar-refractivity contribution in [3.63, 3.8) is 0 Å². The molecule has 168 valence electrons. The van der Waals surface area contributed by atoms with Gasteiger partial charge in [-0.2, -0.15) is 0 Å². The largest absolute Gasteiger partial charge is 0.492 e. The molecular formula is C24H25FN2O4S. The van der Waals surface area contributed by atoms with Crippen molar-refractivity contribution in [3.8, 4) is 5.75 Å².